The van der Waals surface area contributed by atoms with Crippen LogP contribution in [-0.2, 0) is 16.0 Å². The van der Waals surface area contributed by atoms with Crippen LogP contribution in [-0.4, -0.2) is 73.4 Å². The maximum atomic E-state index is 5.98. The Kier molecular flexibility index (Phi) is 5.24. The Balaban J connectivity index is 1.61. The Hall–Kier alpha value is -0.530. The quantitative estimate of drug-likeness (QED) is 0.821. The minimum Gasteiger partial charge on any atom is -0.383 e. The first-order valence-corrected chi connectivity index (χ1v) is 8.62. The lowest BCUT2D eigenvalue weighted by Crippen LogP contribution is -2.60. The number of aromatic nitrogens is 1. The Morgan fingerprint density at radius 1 is 1.48 bits per heavy atom. The second-order valence-electron chi connectivity index (χ2n) is 5.89. The number of ether oxygens (including phenoxy) is 2. The van der Waals surface area contributed by atoms with E-state index in [1.54, 1.807) is 18.4 Å². The number of hydrogen-bond donors (Lipinski definition) is 0. The van der Waals surface area contributed by atoms with Crippen LogP contribution in [0.25, 0.3) is 0 Å². The second-order valence-corrected chi connectivity index (χ2v) is 6.83. The first-order valence-electron chi connectivity index (χ1n) is 7.74. The fourth-order valence-corrected chi connectivity index (χ4v) is 4.14. The van der Waals surface area contributed by atoms with Crippen molar-refractivity contribution in [2.75, 3.05) is 46.5 Å². The summed E-state index contributed by atoms with van der Waals surface area (Å²) in [6, 6.07) is 0.510. The summed E-state index contributed by atoms with van der Waals surface area (Å²) in [6.07, 6.45) is 1.53. The minimum atomic E-state index is 0.398. The fraction of sp³-hybridized carbons (Fsp3) is 0.800. The maximum Gasteiger partial charge on any atom is 0.0798 e. The predicted molar refractivity (Wildman–Crippen MR) is 83.7 cm³/mol. The highest BCUT2D eigenvalue weighted by molar-refractivity contribution is 7.09. The lowest BCUT2D eigenvalue weighted by Gasteiger charge is -2.47. The number of hydrogen-bond acceptors (Lipinski definition) is 6. The summed E-state index contributed by atoms with van der Waals surface area (Å²) >= 11 is 1.77. The zero-order valence-corrected chi connectivity index (χ0v) is 13.8. The Bertz CT molecular complexity index is 454. The highest BCUT2D eigenvalue weighted by Gasteiger charge is 2.36. The highest BCUT2D eigenvalue weighted by atomic mass is 32.1. The van der Waals surface area contributed by atoms with Crippen LogP contribution < -0.4 is 0 Å². The molecule has 0 spiro atoms. The minimum absolute atomic E-state index is 0.398. The Labute approximate surface area is 130 Å². The molecule has 2 aliphatic rings. The summed E-state index contributed by atoms with van der Waals surface area (Å²) in [4.78, 5) is 10.9. The van der Waals surface area contributed by atoms with Crippen LogP contribution in [0.4, 0.5) is 0 Å². The number of piperidine rings is 1. The van der Waals surface area contributed by atoms with E-state index in [1.807, 2.05) is 5.51 Å². The third-order valence-corrected chi connectivity index (χ3v) is 5.50. The number of likely N-dealkylation sites (tertiary alicyclic amines) is 1. The third kappa shape index (κ3) is 3.63. The van der Waals surface area contributed by atoms with Crippen LogP contribution in [0.3, 0.4) is 0 Å². The summed E-state index contributed by atoms with van der Waals surface area (Å²) in [5, 5.41) is 0. The van der Waals surface area contributed by atoms with Crippen molar-refractivity contribution in [1.82, 2.24) is 14.8 Å². The lowest BCUT2D eigenvalue weighted by atomic mass is 9.98. The molecule has 1 aromatic heterocycles. The molecule has 0 amide bonds. The van der Waals surface area contributed by atoms with E-state index in [1.165, 1.54) is 10.6 Å². The van der Waals surface area contributed by atoms with Gasteiger partial charge in [0.25, 0.3) is 0 Å². The molecule has 21 heavy (non-hydrogen) atoms. The molecule has 5 nitrogen and oxygen atoms in total. The van der Waals surface area contributed by atoms with Gasteiger partial charge in [-0.15, -0.1) is 11.3 Å². The van der Waals surface area contributed by atoms with Crippen LogP contribution in [0.2, 0.25) is 0 Å². The van der Waals surface area contributed by atoms with E-state index in [2.05, 4.69) is 21.7 Å². The topological polar surface area (TPSA) is 37.8 Å². The van der Waals surface area contributed by atoms with Crippen LogP contribution in [0, 0.1) is 6.92 Å². The van der Waals surface area contributed by atoms with E-state index in [0.717, 1.165) is 52.4 Å². The second kappa shape index (κ2) is 7.15. The van der Waals surface area contributed by atoms with E-state index in [4.69, 9.17) is 9.47 Å². The summed E-state index contributed by atoms with van der Waals surface area (Å²) < 4.78 is 11.2. The van der Waals surface area contributed by atoms with Crippen molar-refractivity contribution in [2.45, 2.75) is 32.0 Å². The number of morpholine rings is 1. The van der Waals surface area contributed by atoms with Gasteiger partial charge in [0.2, 0.25) is 0 Å². The van der Waals surface area contributed by atoms with Crippen LogP contribution in [0.15, 0.2) is 5.51 Å². The average molecular weight is 311 g/mol. The van der Waals surface area contributed by atoms with Gasteiger partial charge in [-0.05, 0) is 13.3 Å². The molecule has 0 N–H and O–H groups in total. The van der Waals surface area contributed by atoms with Crippen molar-refractivity contribution in [3.63, 3.8) is 0 Å². The van der Waals surface area contributed by atoms with Gasteiger partial charge in [0.1, 0.15) is 0 Å². The van der Waals surface area contributed by atoms with Gasteiger partial charge in [0.15, 0.2) is 0 Å². The monoisotopic (exact) mass is 311 g/mol. The summed E-state index contributed by atoms with van der Waals surface area (Å²) in [7, 11) is 1.78. The molecule has 3 heterocycles. The van der Waals surface area contributed by atoms with Crippen molar-refractivity contribution in [3.8, 4) is 0 Å². The molecule has 0 saturated carbocycles. The Morgan fingerprint density at radius 2 is 2.38 bits per heavy atom. The molecule has 2 atom stereocenters. The highest BCUT2D eigenvalue weighted by Crippen LogP contribution is 2.25. The SMILES string of the molecule is COCCN1CCO[C@H]2CCN(Cc3scnc3C)C[C@@H]21. The third-order valence-electron chi connectivity index (χ3n) is 4.58. The first kappa shape index (κ1) is 15.4. The summed E-state index contributed by atoms with van der Waals surface area (Å²) in [6.45, 7) is 9.04. The van der Waals surface area contributed by atoms with Gasteiger partial charge in [-0.25, -0.2) is 4.98 Å². The number of thiazole rings is 1. The average Bonchev–Trinajstić information content (AvgIpc) is 2.90. The number of rotatable bonds is 5. The van der Waals surface area contributed by atoms with Crippen LogP contribution in [0.5, 0.6) is 0 Å². The van der Waals surface area contributed by atoms with Crippen molar-refractivity contribution < 1.29 is 9.47 Å². The smallest absolute Gasteiger partial charge is 0.0798 e. The van der Waals surface area contributed by atoms with E-state index < -0.39 is 0 Å². The maximum absolute atomic E-state index is 5.98. The molecule has 0 unspecified atom stereocenters. The lowest BCUT2D eigenvalue weighted by molar-refractivity contribution is -0.107. The van der Waals surface area contributed by atoms with Crippen molar-refractivity contribution in [2.24, 2.45) is 0 Å². The summed E-state index contributed by atoms with van der Waals surface area (Å²) in [5.74, 6) is 0. The van der Waals surface area contributed by atoms with E-state index in [0.29, 0.717) is 12.1 Å². The molecule has 0 aliphatic carbocycles. The van der Waals surface area contributed by atoms with E-state index in [-0.39, 0.29) is 0 Å². The van der Waals surface area contributed by atoms with Gasteiger partial charge in [0.05, 0.1) is 30.5 Å². The molecule has 0 bridgehead atoms. The fourth-order valence-electron chi connectivity index (χ4n) is 3.32. The van der Waals surface area contributed by atoms with Crippen LogP contribution in [0.1, 0.15) is 17.0 Å². The van der Waals surface area contributed by atoms with Crippen molar-refractivity contribution in [1.29, 1.82) is 0 Å². The molecule has 118 valence electrons. The molecule has 0 radical (unpaired) electrons. The van der Waals surface area contributed by atoms with Gasteiger partial charge < -0.3 is 9.47 Å². The molecular weight excluding hydrogens is 286 g/mol. The molecule has 3 rings (SSSR count). The number of fused-ring (bicyclic) bond motifs is 1. The van der Waals surface area contributed by atoms with E-state index >= 15 is 0 Å². The first-order chi connectivity index (χ1) is 10.3. The zero-order chi connectivity index (χ0) is 14.7. The number of nitrogens with zero attached hydrogens (tertiary/aromatic N) is 3. The van der Waals surface area contributed by atoms with Crippen molar-refractivity contribution >= 4 is 11.3 Å². The molecule has 2 aliphatic heterocycles. The standard InChI is InChI=1S/C15H25N3O2S/c1-12-15(21-11-16-12)10-17-4-3-14-13(9-17)18(5-7-19-2)6-8-20-14/h11,13-14H,3-10H2,1-2H3/t13-,14-/m0/s1. The molecule has 1 aromatic rings. The molecular formula is C15H25N3O2S. The largest absolute Gasteiger partial charge is 0.383 e. The van der Waals surface area contributed by atoms with Gasteiger partial charge in [-0.3, -0.25) is 9.80 Å². The Morgan fingerprint density at radius 3 is 3.14 bits per heavy atom. The van der Waals surface area contributed by atoms with E-state index in [9.17, 15) is 0 Å². The van der Waals surface area contributed by atoms with Gasteiger partial charge in [0, 0.05) is 50.8 Å². The number of methoxy groups -OCH3 is 1. The molecule has 2 saturated heterocycles. The molecule has 6 heteroatoms. The van der Waals surface area contributed by atoms with Gasteiger partial charge in [-0.1, -0.05) is 0 Å². The zero-order valence-electron chi connectivity index (χ0n) is 13.0. The van der Waals surface area contributed by atoms with Gasteiger partial charge in [-0.2, -0.15) is 0 Å². The predicted octanol–water partition coefficient (Wildman–Crippen LogP) is 1.37. The van der Waals surface area contributed by atoms with Crippen molar-refractivity contribution in [3.05, 3.63) is 16.1 Å². The normalized spacial score (nSPS) is 27.7. The van der Waals surface area contributed by atoms with Crippen LogP contribution >= 0.6 is 11.3 Å². The number of aryl methyl sites for hydroxylation is 1. The van der Waals surface area contributed by atoms with Gasteiger partial charge >= 0.3 is 0 Å². The molecule has 0 aromatic carbocycles. The summed E-state index contributed by atoms with van der Waals surface area (Å²) in [5.41, 5.74) is 3.13. The molecule has 2 fully saturated rings.